The van der Waals surface area contributed by atoms with Gasteiger partial charge < -0.3 is 15.2 Å². The fourth-order valence-electron chi connectivity index (χ4n) is 1.72. The predicted octanol–water partition coefficient (Wildman–Crippen LogP) is 1.70. The molecule has 0 radical (unpaired) electrons. The molecule has 0 spiro atoms. The van der Waals surface area contributed by atoms with Crippen molar-refractivity contribution in [2.45, 2.75) is 31.6 Å². The van der Waals surface area contributed by atoms with Crippen LogP contribution in [-0.4, -0.2) is 19.3 Å². The van der Waals surface area contributed by atoms with Crippen molar-refractivity contribution >= 4 is 0 Å². The van der Waals surface area contributed by atoms with E-state index in [2.05, 4.69) is 0 Å². The summed E-state index contributed by atoms with van der Waals surface area (Å²) in [4.78, 5) is 0. The van der Waals surface area contributed by atoms with Crippen LogP contribution in [0.1, 0.15) is 18.4 Å². The zero-order valence-corrected chi connectivity index (χ0v) is 8.98. The fraction of sp³-hybridized carbons (Fsp3) is 0.500. The molecule has 0 aromatic heterocycles. The van der Waals surface area contributed by atoms with E-state index >= 15 is 0 Å². The summed E-state index contributed by atoms with van der Waals surface area (Å²) in [6.07, 6.45) is 2.33. The van der Waals surface area contributed by atoms with Crippen molar-refractivity contribution < 1.29 is 9.47 Å². The fourth-order valence-corrected chi connectivity index (χ4v) is 1.72. The molecule has 0 saturated heterocycles. The first-order valence-electron chi connectivity index (χ1n) is 5.28. The zero-order chi connectivity index (χ0) is 10.7. The van der Waals surface area contributed by atoms with Gasteiger partial charge in [-0.2, -0.15) is 0 Å². The van der Waals surface area contributed by atoms with Gasteiger partial charge in [-0.1, -0.05) is 12.1 Å². The number of hydrogen-bond acceptors (Lipinski definition) is 3. The number of ether oxygens (including phenoxy) is 2. The van der Waals surface area contributed by atoms with Crippen LogP contribution in [0.4, 0.5) is 0 Å². The van der Waals surface area contributed by atoms with Gasteiger partial charge in [-0.25, -0.2) is 0 Å². The van der Waals surface area contributed by atoms with E-state index in [-0.39, 0.29) is 0 Å². The number of methoxy groups -OCH3 is 1. The summed E-state index contributed by atoms with van der Waals surface area (Å²) < 4.78 is 10.8. The molecule has 3 nitrogen and oxygen atoms in total. The van der Waals surface area contributed by atoms with Gasteiger partial charge in [-0.3, -0.25) is 0 Å². The van der Waals surface area contributed by atoms with Crippen molar-refractivity contribution in [3.63, 3.8) is 0 Å². The number of nitrogens with two attached hydrogens (primary N) is 1. The van der Waals surface area contributed by atoms with Gasteiger partial charge in [0, 0.05) is 6.04 Å². The predicted molar refractivity (Wildman–Crippen MR) is 58.8 cm³/mol. The van der Waals surface area contributed by atoms with Crippen LogP contribution in [0.5, 0.6) is 5.75 Å². The van der Waals surface area contributed by atoms with Gasteiger partial charge in [-0.15, -0.1) is 0 Å². The average Bonchev–Trinajstić information content (AvgIpc) is 2.23. The van der Waals surface area contributed by atoms with E-state index in [1.165, 1.54) is 0 Å². The molecule has 82 valence electrons. The van der Waals surface area contributed by atoms with Gasteiger partial charge in [0.2, 0.25) is 0 Å². The van der Waals surface area contributed by atoms with Crippen molar-refractivity contribution in [1.29, 1.82) is 0 Å². The Labute approximate surface area is 90.2 Å². The van der Waals surface area contributed by atoms with E-state index in [4.69, 9.17) is 15.2 Å². The van der Waals surface area contributed by atoms with Crippen molar-refractivity contribution in [2.75, 3.05) is 7.11 Å². The third kappa shape index (κ3) is 2.70. The van der Waals surface area contributed by atoms with Gasteiger partial charge >= 0.3 is 0 Å². The van der Waals surface area contributed by atoms with E-state index < -0.39 is 0 Å². The second kappa shape index (κ2) is 4.64. The van der Waals surface area contributed by atoms with Crippen molar-refractivity contribution in [1.82, 2.24) is 0 Å². The highest BCUT2D eigenvalue weighted by molar-refractivity contribution is 5.27. The van der Waals surface area contributed by atoms with Crippen LogP contribution < -0.4 is 10.5 Å². The minimum atomic E-state index is 0.348. The molecule has 1 aliphatic rings. The first kappa shape index (κ1) is 10.5. The van der Waals surface area contributed by atoms with E-state index in [1.807, 2.05) is 24.3 Å². The smallest absolute Gasteiger partial charge is 0.119 e. The molecule has 1 aromatic carbocycles. The molecule has 3 heteroatoms. The van der Waals surface area contributed by atoms with E-state index in [1.54, 1.807) is 7.11 Å². The summed E-state index contributed by atoms with van der Waals surface area (Å²) >= 11 is 0. The Bertz CT molecular complexity index is 321. The molecular weight excluding hydrogens is 190 g/mol. The second-order valence-electron chi connectivity index (χ2n) is 4.02. The zero-order valence-electron chi connectivity index (χ0n) is 8.98. The summed E-state index contributed by atoms with van der Waals surface area (Å²) in [6.45, 7) is 0.647. The van der Waals surface area contributed by atoms with Crippen LogP contribution in [0.25, 0.3) is 0 Å². The molecule has 1 aromatic rings. The SMILES string of the molecule is COc1cccc(COC2CC(N)C2)c1. The minimum absolute atomic E-state index is 0.348. The van der Waals surface area contributed by atoms with Crippen molar-refractivity contribution in [3.8, 4) is 5.75 Å². The summed E-state index contributed by atoms with van der Waals surface area (Å²) in [5, 5.41) is 0. The maximum Gasteiger partial charge on any atom is 0.119 e. The Morgan fingerprint density at radius 1 is 1.40 bits per heavy atom. The Kier molecular flexibility index (Phi) is 3.23. The largest absolute Gasteiger partial charge is 0.497 e. The number of rotatable bonds is 4. The lowest BCUT2D eigenvalue weighted by atomic mass is 9.90. The maximum absolute atomic E-state index is 5.70. The molecule has 0 unspecified atom stereocenters. The Hall–Kier alpha value is -1.06. The van der Waals surface area contributed by atoms with Crippen LogP contribution >= 0.6 is 0 Å². The molecule has 0 atom stereocenters. The van der Waals surface area contributed by atoms with E-state index in [0.717, 1.165) is 24.2 Å². The molecule has 0 aliphatic heterocycles. The molecule has 0 heterocycles. The van der Waals surface area contributed by atoms with Gasteiger partial charge in [-0.05, 0) is 30.5 Å². The average molecular weight is 207 g/mol. The lowest BCUT2D eigenvalue weighted by Crippen LogP contribution is -2.41. The Balaban J connectivity index is 1.82. The highest BCUT2D eigenvalue weighted by Gasteiger charge is 2.26. The third-order valence-corrected chi connectivity index (χ3v) is 2.75. The molecule has 0 amide bonds. The van der Waals surface area contributed by atoms with E-state index in [0.29, 0.717) is 18.8 Å². The second-order valence-corrected chi connectivity index (χ2v) is 4.02. The summed E-state index contributed by atoms with van der Waals surface area (Å²) in [7, 11) is 1.67. The van der Waals surface area contributed by atoms with Crippen LogP contribution in [0.3, 0.4) is 0 Å². The lowest BCUT2D eigenvalue weighted by Gasteiger charge is -2.32. The first-order chi connectivity index (χ1) is 7.28. The molecule has 15 heavy (non-hydrogen) atoms. The van der Waals surface area contributed by atoms with E-state index in [9.17, 15) is 0 Å². The molecule has 2 rings (SSSR count). The topological polar surface area (TPSA) is 44.5 Å². The van der Waals surface area contributed by atoms with Crippen LogP contribution in [0.2, 0.25) is 0 Å². The molecule has 2 N–H and O–H groups in total. The number of benzene rings is 1. The summed E-state index contributed by atoms with van der Waals surface area (Å²) in [5.41, 5.74) is 6.83. The maximum atomic E-state index is 5.70. The van der Waals surface area contributed by atoms with Crippen molar-refractivity contribution in [2.24, 2.45) is 5.73 Å². The summed E-state index contributed by atoms with van der Waals surface area (Å²) in [6, 6.07) is 8.30. The van der Waals surface area contributed by atoms with Crippen LogP contribution in [0.15, 0.2) is 24.3 Å². The molecule has 1 saturated carbocycles. The van der Waals surface area contributed by atoms with Gasteiger partial charge in [0.25, 0.3) is 0 Å². The van der Waals surface area contributed by atoms with Gasteiger partial charge in [0.05, 0.1) is 19.8 Å². The van der Waals surface area contributed by atoms with Gasteiger partial charge in [0.15, 0.2) is 0 Å². The summed E-state index contributed by atoms with van der Waals surface area (Å²) in [5.74, 6) is 0.876. The lowest BCUT2D eigenvalue weighted by molar-refractivity contribution is -0.0189. The quantitative estimate of drug-likeness (QED) is 0.817. The van der Waals surface area contributed by atoms with Crippen molar-refractivity contribution in [3.05, 3.63) is 29.8 Å². The first-order valence-corrected chi connectivity index (χ1v) is 5.28. The third-order valence-electron chi connectivity index (χ3n) is 2.75. The normalized spacial score (nSPS) is 24.7. The molecule has 1 aliphatic carbocycles. The molecule has 0 bridgehead atoms. The number of hydrogen-bond donors (Lipinski definition) is 1. The Morgan fingerprint density at radius 2 is 2.20 bits per heavy atom. The molecular formula is C12H17NO2. The monoisotopic (exact) mass is 207 g/mol. The Morgan fingerprint density at radius 3 is 2.87 bits per heavy atom. The highest BCUT2D eigenvalue weighted by Crippen LogP contribution is 2.23. The van der Waals surface area contributed by atoms with Gasteiger partial charge in [0.1, 0.15) is 5.75 Å². The van der Waals surface area contributed by atoms with Crippen LogP contribution in [0, 0.1) is 0 Å². The molecule has 1 fully saturated rings. The highest BCUT2D eigenvalue weighted by atomic mass is 16.5. The standard InChI is InChI=1S/C12H17NO2/c1-14-11-4-2-3-9(5-11)8-15-12-6-10(13)7-12/h2-5,10,12H,6-8,13H2,1H3. The minimum Gasteiger partial charge on any atom is -0.497 e. The van der Waals surface area contributed by atoms with Crippen LogP contribution in [-0.2, 0) is 11.3 Å².